The standard InChI is InChI=1S/C17H22N2O4/c1-10-7-12(3)14(8-11(10)2)17(23)19-6-5-18(9-15(20)21)16(22)13(19)4/h7-8,13H,5-6,9H2,1-4H3,(H,20,21). The van der Waals surface area contributed by atoms with Crippen LogP contribution in [0.15, 0.2) is 12.1 Å². The fraction of sp³-hybridized carbons (Fsp3) is 0.471. The molecule has 0 bridgehead atoms. The summed E-state index contributed by atoms with van der Waals surface area (Å²) in [4.78, 5) is 38.7. The van der Waals surface area contributed by atoms with Crippen LogP contribution in [0.2, 0.25) is 0 Å². The maximum absolute atomic E-state index is 12.8. The van der Waals surface area contributed by atoms with Gasteiger partial charge < -0.3 is 14.9 Å². The fourth-order valence-electron chi connectivity index (χ4n) is 2.87. The first kappa shape index (κ1) is 17.0. The van der Waals surface area contributed by atoms with Crippen molar-refractivity contribution >= 4 is 17.8 Å². The minimum Gasteiger partial charge on any atom is -0.480 e. The zero-order chi connectivity index (χ0) is 17.3. The Balaban J connectivity index is 2.23. The Hall–Kier alpha value is -2.37. The van der Waals surface area contributed by atoms with Crippen molar-refractivity contribution in [2.45, 2.75) is 33.7 Å². The van der Waals surface area contributed by atoms with Gasteiger partial charge in [-0.25, -0.2) is 0 Å². The number of aryl methyl sites for hydroxylation is 3. The van der Waals surface area contributed by atoms with E-state index < -0.39 is 12.0 Å². The van der Waals surface area contributed by atoms with E-state index in [1.165, 1.54) is 9.80 Å². The van der Waals surface area contributed by atoms with Gasteiger partial charge in [-0.2, -0.15) is 0 Å². The Morgan fingerprint density at radius 1 is 1.13 bits per heavy atom. The van der Waals surface area contributed by atoms with E-state index in [1.54, 1.807) is 6.92 Å². The SMILES string of the molecule is Cc1cc(C)c(C(=O)N2CCN(CC(=O)O)C(=O)C2C)cc1C. The quantitative estimate of drug-likeness (QED) is 0.913. The molecule has 1 aromatic rings. The highest BCUT2D eigenvalue weighted by molar-refractivity contribution is 5.99. The fourth-order valence-corrected chi connectivity index (χ4v) is 2.87. The number of hydrogen-bond donors (Lipinski definition) is 1. The molecule has 1 N–H and O–H groups in total. The molecular formula is C17H22N2O4. The number of carbonyl (C=O) groups excluding carboxylic acids is 2. The maximum Gasteiger partial charge on any atom is 0.323 e. The molecule has 2 amide bonds. The lowest BCUT2D eigenvalue weighted by Gasteiger charge is -2.38. The molecule has 23 heavy (non-hydrogen) atoms. The number of benzene rings is 1. The summed E-state index contributed by atoms with van der Waals surface area (Å²) in [6.07, 6.45) is 0. The van der Waals surface area contributed by atoms with Crippen LogP contribution in [0.25, 0.3) is 0 Å². The molecule has 0 aromatic heterocycles. The average molecular weight is 318 g/mol. The third-order valence-corrected chi connectivity index (χ3v) is 4.41. The second-order valence-corrected chi connectivity index (χ2v) is 6.08. The van der Waals surface area contributed by atoms with Crippen LogP contribution in [-0.2, 0) is 9.59 Å². The molecule has 1 atom stereocenters. The molecule has 1 fully saturated rings. The van der Waals surface area contributed by atoms with Crippen LogP contribution in [0.3, 0.4) is 0 Å². The van der Waals surface area contributed by atoms with Crippen molar-refractivity contribution < 1.29 is 19.5 Å². The van der Waals surface area contributed by atoms with Crippen molar-refractivity contribution in [3.05, 3.63) is 34.4 Å². The maximum atomic E-state index is 12.8. The summed E-state index contributed by atoms with van der Waals surface area (Å²) < 4.78 is 0. The molecule has 1 aromatic carbocycles. The van der Waals surface area contributed by atoms with Crippen LogP contribution in [0.4, 0.5) is 0 Å². The van der Waals surface area contributed by atoms with Crippen LogP contribution in [-0.4, -0.2) is 58.4 Å². The highest BCUT2D eigenvalue weighted by atomic mass is 16.4. The highest BCUT2D eigenvalue weighted by Gasteiger charge is 2.35. The van der Waals surface area contributed by atoms with Crippen LogP contribution >= 0.6 is 0 Å². The first-order chi connectivity index (χ1) is 10.7. The lowest BCUT2D eigenvalue weighted by molar-refractivity contribution is -0.148. The van der Waals surface area contributed by atoms with Gasteiger partial charge in [0.15, 0.2) is 0 Å². The number of carboxylic acid groups (broad SMARTS) is 1. The van der Waals surface area contributed by atoms with Gasteiger partial charge in [0.2, 0.25) is 5.91 Å². The summed E-state index contributed by atoms with van der Waals surface area (Å²) in [5.74, 6) is -1.55. The number of hydrogen-bond acceptors (Lipinski definition) is 3. The molecule has 124 valence electrons. The van der Waals surface area contributed by atoms with Gasteiger partial charge in [0.25, 0.3) is 5.91 Å². The number of carbonyl (C=O) groups is 3. The van der Waals surface area contributed by atoms with Crippen LogP contribution in [0, 0.1) is 20.8 Å². The summed E-state index contributed by atoms with van der Waals surface area (Å²) in [5, 5.41) is 8.84. The van der Waals surface area contributed by atoms with E-state index in [4.69, 9.17) is 5.11 Å². The van der Waals surface area contributed by atoms with Crippen molar-refractivity contribution in [1.29, 1.82) is 0 Å². The van der Waals surface area contributed by atoms with Gasteiger partial charge >= 0.3 is 5.97 Å². The van der Waals surface area contributed by atoms with E-state index in [2.05, 4.69) is 0 Å². The number of piperazine rings is 1. The van der Waals surface area contributed by atoms with E-state index >= 15 is 0 Å². The lowest BCUT2D eigenvalue weighted by Crippen LogP contribution is -2.58. The largest absolute Gasteiger partial charge is 0.480 e. The molecule has 0 aliphatic carbocycles. The summed E-state index contributed by atoms with van der Waals surface area (Å²) in [7, 11) is 0. The van der Waals surface area contributed by atoms with Crippen molar-refractivity contribution in [1.82, 2.24) is 9.80 Å². The number of amides is 2. The van der Waals surface area contributed by atoms with Crippen LogP contribution in [0.1, 0.15) is 34.0 Å². The average Bonchev–Trinajstić information content (AvgIpc) is 2.47. The Labute approximate surface area is 135 Å². The minimum atomic E-state index is -1.05. The molecule has 1 aliphatic rings. The molecule has 2 rings (SSSR count). The second-order valence-electron chi connectivity index (χ2n) is 6.08. The Morgan fingerprint density at radius 2 is 1.74 bits per heavy atom. The zero-order valence-corrected chi connectivity index (χ0v) is 13.9. The molecule has 6 heteroatoms. The predicted molar refractivity (Wildman–Crippen MR) is 85.4 cm³/mol. The van der Waals surface area contributed by atoms with E-state index in [0.29, 0.717) is 12.1 Å². The Bertz CT molecular complexity index is 669. The number of nitrogens with zero attached hydrogens (tertiary/aromatic N) is 2. The van der Waals surface area contributed by atoms with Gasteiger partial charge in [-0.15, -0.1) is 0 Å². The summed E-state index contributed by atoms with van der Waals surface area (Å²) in [6.45, 7) is 7.72. The molecule has 1 unspecified atom stereocenters. The predicted octanol–water partition coefficient (Wildman–Crippen LogP) is 1.37. The number of carboxylic acids is 1. The van der Waals surface area contributed by atoms with E-state index in [1.807, 2.05) is 32.9 Å². The van der Waals surface area contributed by atoms with Crippen molar-refractivity contribution in [2.75, 3.05) is 19.6 Å². The molecule has 1 saturated heterocycles. The summed E-state index contributed by atoms with van der Waals surface area (Å²) in [6, 6.07) is 3.17. The third kappa shape index (κ3) is 3.36. The van der Waals surface area contributed by atoms with E-state index in [-0.39, 0.29) is 24.9 Å². The Morgan fingerprint density at radius 3 is 2.35 bits per heavy atom. The third-order valence-electron chi connectivity index (χ3n) is 4.41. The monoisotopic (exact) mass is 318 g/mol. The number of aliphatic carboxylic acids is 1. The molecular weight excluding hydrogens is 296 g/mol. The molecule has 1 heterocycles. The van der Waals surface area contributed by atoms with Gasteiger partial charge in [0.05, 0.1) is 0 Å². The molecule has 1 aliphatic heterocycles. The lowest BCUT2D eigenvalue weighted by atomic mass is 9.99. The smallest absolute Gasteiger partial charge is 0.323 e. The second kappa shape index (κ2) is 6.40. The first-order valence-electron chi connectivity index (χ1n) is 7.61. The van der Waals surface area contributed by atoms with Crippen molar-refractivity contribution in [2.24, 2.45) is 0 Å². The number of rotatable bonds is 3. The van der Waals surface area contributed by atoms with Gasteiger partial charge in [-0.05, 0) is 50.5 Å². The normalized spacial score (nSPS) is 18.3. The summed E-state index contributed by atoms with van der Waals surface area (Å²) in [5.41, 5.74) is 3.63. The molecule has 6 nitrogen and oxygen atoms in total. The van der Waals surface area contributed by atoms with Gasteiger partial charge in [0, 0.05) is 18.7 Å². The van der Waals surface area contributed by atoms with E-state index in [9.17, 15) is 14.4 Å². The van der Waals surface area contributed by atoms with E-state index in [0.717, 1.165) is 16.7 Å². The topological polar surface area (TPSA) is 77.9 Å². The summed E-state index contributed by atoms with van der Waals surface area (Å²) >= 11 is 0. The van der Waals surface area contributed by atoms with Gasteiger partial charge in [-0.1, -0.05) is 6.07 Å². The van der Waals surface area contributed by atoms with Gasteiger partial charge in [-0.3, -0.25) is 14.4 Å². The van der Waals surface area contributed by atoms with Crippen molar-refractivity contribution in [3.8, 4) is 0 Å². The van der Waals surface area contributed by atoms with Crippen molar-refractivity contribution in [3.63, 3.8) is 0 Å². The Kier molecular flexibility index (Phi) is 4.73. The van der Waals surface area contributed by atoms with Crippen LogP contribution < -0.4 is 0 Å². The first-order valence-corrected chi connectivity index (χ1v) is 7.61. The molecule has 0 saturated carbocycles. The molecule has 0 spiro atoms. The van der Waals surface area contributed by atoms with Crippen LogP contribution in [0.5, 0.6) is 0 Å². The highest BCUT2D eigenvalue weighted by Crippen LogP contribution is 2.20. The molecule has 0 radical (unpaired) electrons. The zero-order valence-electron chi connectivity index (χ0n) is 13.9. The minimum absolute atomic E-state index is 0.179. The van der Waals surface area contributed by atoms with Gasteiger partial charge in [0.1, 0.15) is 12.6 Å².